The first-order valence-electron chi connectivity index (χ1n) is 6.98. The molecule has 0 aliphatic rings. The summed E-state index contributed by atoms with van der Waals surface area (Å²) in [7, 11) is 0. The van der Waals surface area contributed by atoms with Gasteiger partial charge >= 0.3 is 0 Å². The van der Waals surface area contributed by atoms with Gasteiger partial charge in [-0.2, -0.15) is 0 Å². The van der Waals surface area contributed by atoms with E-state index in [0.29, 0.717) is 6.61 Å². The van der Waals surface area contributed by atoms with Crippen molar-refractivity contribution in [3.63, 3.8) is 0 Å². The summed E-state index contributed by atoms with van der Waals surface area (Å²) in [5.41, 5.74) is 8.28. The van der Waals surface area contributed by atoms with Gasteiger partial charge in [0.05, 0.1) is 12.7 Å². The lowest BCUT2D eigenvalue weighted by atomic mass is 10.0. The second kappa shape index (κ2) is 7.95. The number of nitrogens with two attached hydrogens (primary N) is 1. The maximum Gasteiger partial charge on any atom is 0.0980 e. The summed E-state index contributed by atoms with van der Waals surface area (Å²) in [5.74, 6) is 0. The highest BCUT2D eigenvalue weighted by Crippen LogP contribution is 2.27. The zero-order valence-electron chi connectivity index (χ0n) is 11.9. The quantitative estimate of drug-likeness (QED) is 0.770. The van der Waals surface area contributed by atoms with Gasteiger partial charge in [-0.25, -0.2) is 0 Å². The molecular formula is C17H19BrClNO. The van der Waals surface area contributed by atoms with Crippen molar-refractivity contribution in [1.29, 1.82) is 0 Å². The molecule has 21 heavy (non-hydrogen) atoms. The van der Waals surface area contributed by atoms with Crippen LogP contribution in [-0.4, -0.2) is 6.04 Å². The normalized spacial score (nSPS) is 13.9. The molecule has 0 bridgehead atoms. The summed E-state index contributed by atoms with van der Waals surface area (Å²) in [6.45, 7) is 2.51. The molecule has 2 unspecified atom stereocenters. The van der Waals surface area contributed by atoms with Crippen LogP contribution in [0.5, 0.6) is 0 Å². The molecule has 0 aliphatic carbocycles. The van der Waals surface area contributed by atoms with Crippen LogP contribution in [0, 0.1) is 0 Å². The molecule has 0 heterocycles. The molecule has 2 rings (SSSR count). The van der Waals surface area contributed by atoms with Crippen LogP contribution >= 0.6 is 27.5 Å². The van der Waals surface area contributed by atoms with Crippen molar-refractivity contribution in [2.45, 2.75) is 32.1 Å². The fourth-order valence-electron chi connectivity index (χ4n) is 2.16. The third-order valence-corrected chi connectivity index (χ3v) is 4.28. The summed E-state index contributed by atoms with van der Waals surface area (Å²) in [5, 5.41) is 0.718. The van der Waals surface area contributed by atoms with Crippen molar-refractivity contribution >= 4 is 27.5 Å². The monoisotopic (exact) mass is 367 g/mol. The molecular weight excluding hydrogens is 350 g/mol. The van der Waals surface area contributed by atoms with E-state index in [9.17, 15) is 0 Å². The molecule has 0 spiro atoms. The lowest BCUT2D eigenvalue weighted by molar-refractivity contribution is 0.0213. The van der Waals surface area contributed by atoms with Gasteiger partial charge in [-0.1, -0.05) is 64.8 Å². The van der Waals surface area contributed by atoms with Crippen LogP contribution in [0.4, 0.5) is 0 Å². The average molecular weight is 369 g/mol. The van der Waals surface area contributed by atoms with Gasteiger partial charge in [0.1, 0.15) is 0 Å². The third-order valence-electron chi connectivity index (χ3n) is 3.41. The Bertz CT molecular complexity index is 591. The van der Waals surface area contributed by atoms with Gasteiger partial charge < -0.3 is 10.5 Å². The zero-order chi connectivity index (χ0) is 15.2. The summed E-state index contributed by atoms with van der Waals surface area (Å²) in [6.07, 6.45) is 0.698. The van der Waals surface area contributed by atoms with Gasteiger partial charge in [-0.3, -0.25) is 0 Å². The third kappa shape index (κ3) is 4.55. The highest BCUT2D eigenvalue weighted by atomic mass is 79.9. The number of rotatable bonds is 6. The van der Waals surface area contributed by atoms with E-state index in [2.05, 4.69) is 22.9 Å². The number of halogens is 2. The van der Waals surface area contributed by atoms with Gasteiger partial charge in [-0.15, -0.1) is 0 Å². The van der Waals surface area contributed by atoms with Crippen LogP contribution in [0.25, 0.3) is 0 Å². The van der Waals surface area contributed by atoms with E-state index in [1.165, 1.54) is 0 Å². The molecule has 0 fully saturated rings. The number of ether oxygens (including phenoxy) is 1. The minimum Gasteiger partial charge on any atom is -0.367 e. The van der Waals surface area contributed by atoms with Crippen molar-refractivity contribution in [2.75, 3.05) is 0 Å². The second-order valence-corrected chi connectivity index (χ2v) is 6.27. The minimum absolute atomic E-state index is 0.0539. The molecule has 0 aromatic heterocycles. The van der Waals surface area contributed by atoms with Gasteiger partial charge in [0.15, 0.2) is 0 Å². The number of hydrogen-bond acceptors (Lipinski definition) is 2. The van der Waals surface area contributed by atoms with Crippen molar-refractivity contribution in [2.24, 2.45) is 5.73 Å². The molecule has 0 aliphatic heterocycles. The molecule has 0 radical (unpaired) electrons. The van der Waals surface area contributed by atoms with E-state index in [1.807, 2.05) is 48.5 Å². The van der Waals surface area contributed by atoms with E-state index >= 15 is 0 Å². The van der Waals surface area contributed by atoms with Gasteiger partial charge in [0.2, 0.25) is 0 Å². The first-order chi connectivity index (χ1) is 10.1. The fourth-order valence-corrected chi connectivity index (χ4v) is 2.77. The smallest absolute Gasteiger partial charge is 0.0980 e. The molecule has 4 heteroatoms. The van der Waals surface area contributed by atoms with E-state index in [0.717, 1.165) is 27.0 Å². The summed E-state index contributed by atoms with van der Waals surface area (Å²) >= 11 is 9.67. The molecule has 2 aromatic carbocycles. The van der Waals surface area contributed by atoms with E-state index in [1.54, 1.807) is 0 Å². The Balaban J connectivity index is 2.16. The topological polar surface area (TPSA) is 35.2 Å². The predicted molar refractivity (Wildman–Crippen MR) is 91.4 cm³/mol. The lowest BCUT2D eigenvalue weighted by Crippen LogP contribution is -2.29. The second-order valence-electron chi connectivity index (χ2n) is 4.95. The van der Waals surface area contributed by atoms with Gasteiger partial charge in [0, 0.05) is 15.5 Å². The van der Waals surface area contributed by atoms with Crippen molar-refractivity contribution < 1.29 is 4.74 Å². The first-order valence-corrected chi connectivity index (χ1v) is 8.15. The highest BCUT2D eigenvalue weighted by Gasteiger charge is 2.20. The molecule has 2 nitrogen and oxygen atoms in total. The Morgan fingerprint density at radius 2 is 1.95 bits per heavy atom. The van der Waals surface area contributed by atoms with Gasteiger partial charge in [-0.05, 0) is 35.7 Å². The lowest BCUT2D eigenvalue weighted by Gasteiger charge is -2.24. The van der Waals surface area contributed by atoms with E-state index in [4.69, 9.17) is 22.1 Å². The Kier molecular flexibility index (Phi) is 6.24. The standard InChI is InChI=1S/C17H19BrClNO/c1-2-16(20)17(12-7-5-8-14(18)10-12)21-11-13-6-3-4-9-15(13)19/h3-10,16-17H,2,11,20H2,1H3. The molecule has 0 saturated carbocycles. The van der Waals surface area contributed by atoms with E-state index < -0.39 is 0 Å². The maximum atomic E-state index is 6.23. The fraction of sp³-hybridized carbons (Fsp3) is 0.294. The molecule has 2 aromatic rings. The van der Waals surface area contributed by atoms with Crippen LogP contribution in [0.15, 0.2) is 53.0 Å². The average Bonchev–Trinajstić information content (AvgIpc) is 2.49. The Hall–Kier alpha value is -0.870. The Morgan fingerprint density at radius 3 is 2.62 bits per heavy atom. The van der Waals surface area contributed by atoms with Crippen LogP contribution in [0.1, 0.15) is 30.6 Å². The molecule has 112 valence electrons. The Labute approximate surface area is 139 Å². The largest absolute Gasteiger partial charge is 0.367 e. The van der Waals surface area contributed by atoms with Crippen molar-refractivity contribution in [1.82, 2.24) is 0 Å². The van der Waals surface area contributed by atoms with E-state index in [-0.39, 0.29) is 12.1 Å². The molecule has 0 amide bonds. The number of hydrogen-bond donors (Lipinski definition) is 1. The summed E-state index contributed by atoms with van der Waals surface area (Å²) in [6, 6.07) is 15.7. The molecule has 2 atom stereocenters. The Morgan fingerprint density at radius 1 is 1.19 bits per heavy atom. The molecule has 2 N–H and O–H groups in total. The van der Waals surface area contributed by atoms with Crippen molar-refractivity contribution in [3.05, 3.63) is 69.2 Å². The van der Waals surface area contributed by atoms with Crippen LogP contribution in [0.2, 0.25) is 5.02 Å². The number of benzene rings is 2. The highest BCUT2D eigenvalue weighted by molar-refractivity contribution is 9.10. The van der Waals surface area contributed by atoms with Crippen LogP contribution in [-0.2, 0) is 11.3 Å². The summed E-state index contributed by atoms with van der Waals surface area (Å²) < 4.78 is 7.10. The van der Waals surface area contributed by atoms with Crippen LogP contribution in [0.3, 0.4) is 0 Å². The summed E-state index contributed by atoms with van der Waals surface area (Å²) in [4.78, 5) is 0. The SMILES string of the molecule is CCC(N)C(OCc1ccccc1Cl)c1cccc(Br)c1. The van der Waals surface area contributed by atoms with Gasteiger partial charge in [0.25, 0.3) is 0 Å². The predicted octanol–water partition coefficient (Wildman–Crippen LogP) is 5.10. The van der Waals surface area contributed by atoms with Crippen LogP contribution < -0.4 is 5.73 Å². The molecule has 0 saturated heterocycles. The van der Waals surface area contributed by atoms with Crippen molar-refractivity contribution in [3.8, 4) is 0 Å². The zero-order valence-corrected chi connectivity index (χ0v) is 14.3. The maximum absolute atomic E-state index is 6.23. The minimum atomic E-state index is -0.149. The first kappa shape index (κ1) is 16.5.